The number of amides is 2. The minimum Gasteiger partial charge on any atom is -0.394 e. The van der Waals surface area contributed by atoms with Crippen LogP contribution in [0.15, 0.2) is 0 Å². The summed E-state index contributed by atoms with van der Waals surface area (Å²) in [6.07, 6.45) is 3.66. The molecule has 5 nitrogen and oxygen atoms in total. The van der Waals surface area contributed by atoms with Crippen LogP contribution in [0.4, 0.5) is 0 Å². The van der Waals surface area contributed by atoms with Crippen molar-refractivity contribution in [3.05, 3.63) is 0 Å². The predicted octanol–water partition coefficient (Wildman–Crippen LogP) is 1.30. The molecule has 1 heterocycles. The number of aliphatic hydroxyl groups is 1. The van der Waals surface area contributed by atoms with Gasteiger partial charge in [-0.15, -0.1) is 0 Å². The van der Waals surface area contributed by atoms with Gasteiger partial charge in [-0.25, -0.2) is 0 Å². The second kappa shape index (κ2) is 5.59. The SMILES string of the molecule is CCC(CO)NC(=O)C(=O)N1CC2(C)CC1CC(C)(C)C2. The van der Waals surface area contributed by atoms with Gasteiger partial charge in [0.15, 0.2) is 0 Å². The molecule has 2 N–H and O–H groups in total. The average Bonchev–Trinajstić information content (AvgIpc) is 2.63. The van der Waals surface area contributed by atoms with Gasteiger partial charge >= 0.3 is 11.8 Å². The van der Waals surface area contributed by atoms with Gasteiger partial charge in [-0.05, 0) is 36.5 Å². The van der Waals surface area contributed by atoms with E-state index in [9.17, 15) is 9.59 Å². The van der Waals surface area contributed by atoms with Gasteiger partial charge in [0.2, 0.25) is 0 Å². The molecule has 1 aliphatic heterocycles. The molecule has 1 saturated heterocycles. The molecule has 0 aromatic carbocycles. The first-order valence-electron chi connectivity index (χ1n) is 7.92. The van der Waals surface area contributed by atoms with Crippen molar-refractivity contribution < 1.29 is 14.7 Å². The van der Waals surface area contributed by atoms with Crippen molar-refractivity contribution in [3.8, 4) is 0 Å². The lowest BCUT2D eigenvalue weighted by Gasteiger charge is -2.39. The van der Waals surface area contributed by atoms with Crippen LogP contribution >= 0.6 is 0 Å². The Balaban J connectivity index is 2.06. The smallest absolute Gasteiger partial charge is 0.312 e. The van der Waals surface area contributed by atoms with Crippen molar-refractivity contribution in [1.82, 2.24) is 10.2 Å². The molecule has 3 unspecified atom stereocenters. The van der Waals surface area contributed by atoms with Crippen LogP contribution in [0.3, 0.4) is 0 Å². The number of nitrogens with zero attached hydrogens (tertiary/aromatic N) is 1. The summed E-state index contributed by atoms with van der Waals surface area (Å²) < 4.78 is 0. The van der Waals surface area contributed by atoms with E-state index in [1.54, 1.807) is 4.90 Å². The molecule has 2 fully saturated rings. The van der Waals surface area contributed by atoms with Crippen LogP contribution in [0.1, 0.15) is 53.4 Å². The zero-order valence-corrected chi connectivity index (χ0v) is 13.6. The van der Waals surface area contributed by atoms with Gasteiger partial charge in [-0.1, -0.05) is 27.7 Å². The molecule has 3 atom stereocenters. The second-order valence-electron chi connectivity index (χ2n) is 7.91. The number of aliphatic hydroxyl groups excluding tert-OH is 1. The Morgan fingerprint density at radius 2 is 2.00 bits per heavy atom. The number of hydrogen-bond acceptors (Lipinski definition) is 3. The molecule has 2 bridgehead atoms. The van der Waals surface area contributed by atoms with E-state index in [1.807, 2.05) is 6.92 Å². The molecule has 1 aliphatic carbocycles. The lowest BCUT2D eigenvalue weighted by molar-refractivity contribution is -0.147. The first kappa shape index (κ1) is 16.3. The highest BCUT2D eigenvalue weighted by Crippen LogP contribution is 2.52. The molecule has 0 radical (unpaired) electrons. The summed E-state index contributed by atoms with van der Waals surface area (Å²) in [5.41, 5.74) is 0.351. The van der Waals surface area contributed by atoms with Crippen LogP contribution in [-0.4, -0.2) is 47.1 Å². The summed E-state index contributed by atoms with van der Waals surface area (Å²) in [6, 6.07) is -0.165. The lowest BCUT2D eigenvalue weighted by Crippen LogP contribution is -2.49. The Morgan fingerprint density at radius 3 is 2.57 bits per heavy atom. The number of fused-ring (bicyclic) bond motifs is 2. The Morgan fingerprint density at radius 1 is 1.33 bits per heavy atom. The average molecular weight is 296 g/mol. The van der Waals surface area contributed by atoms with Crippen LogP contribution in [0, 0.1) is 10.8 Å². The third-order valence-corrected chi connectivity index (χ3v) is 4.92. The van der Waals surface area contributed by atoms with E-state index in [4.69, 9.17) is 5.11 Å². The predicted molar refractivity (Wildman–Crippen MR) is 80.5 cm³/mol. The Hall–Kier alpha value is -1.10. The number of nitrogens with one attached hydrogen (secondary N) is 1. The molecule has 2 amide bonds. The van der Waals surface area contributed by atoms with Crippen molar-refractivity contribution in [1.29, 1.82) is 0 Å². The van der Waals surface area contributed by atoms with Gasteiger partial charge in [0, 0.05) is 12.6 Å². The number of carbonyl (C=O) groups is 2. The topological polar surface area (TPSA) is 69.6 Å². The van der Waals surface area contributed by atoms with E-state index >= 15 is 0 Å². The van der Waals surface area contributed by atoms with Crippen molar-refractivity contribution in [3.63, 3.8) is 0 Å². The minimum atomic E-state index is -0.579. The molecule has 2 aliphatic rings. The maximum Gasteiger partial charge on any atom is 0.312 e. The largest absolute Gasteiger partial charge is 0.394 e. The third kappa shape index (κ3) is 3.39. The number of rotatable bonds is 3. The number of likely N-dealkylation sites (tertiary alicyclic amines) is 1. The fourth-order valence-electron chi connectivity index (χ4n) is 4.35. The zero-order valence-electron chi connectivity index (χ0n) is 13.6. The van der Waals surface area contributed by atoms with Gasteiger partial charge in [0.25, 0.3) is 0 Å². The molecular formula is C16H28N2O3. The van der Waals surface area contributed by atoms with E-state index < -0.39 is 11.8 Å². The summed E-state index contributed by atoms with van der Waals surface area (Å²) in [4.78, 5) is 26.3. The van der Waals surface area contributed by atoms with Gasteiger partial charge in [-0.2, -0.15) is 0 Å². The Labute approximate surface area is 127 Å². The Kier molecular flexibility index (Phi) is 4.34. The molecule has 5 heteroatoms. The van der Waals surface area contributed by atoms with E-state index in [1.165, 1.54) is 0 Å². The summed E-state index contributed by atoms with van der Waals surface area (Å²) in [7, 11) is 0. The van der Waals surface area contributed by atoms with Crippen molar-refractivity contribution in [2.45, 2.75) is 65.5 Å². The Bertz CT molecular complexity index is 431. The van der Waals surface area contributed by atoms with E-state index in [-0.39, 0.29) is 29.5 Å². The summed E-state index contributed by atoms with van der Waals surface area (Å²) >= 11 is 0. The molecule has 0 spiro atoms. The van der Waals surface area contributed by atoms with Crippen LogP contribution in [0.25, 0.3) is 0 Å². The highest BCUT2D eigenvalue weighted by atomic mass is 16.3. The molecule has 1 saturated carbocycles. The van der Waals surface area contributed by atoms with Crippen LogP contribution in [0.5, 0.6) is 0 Å². The monoisotopic (exact) mass is 296 g/mol. The summed E-state index contributed by atoms with van der Waals surface area (Å²) in [5.74, 6) is -1.02. The fraction of sp³-hybridized carbons (Fsp3) is 0.875. The highest BCUT2D eigenvalue weighted by Gasteiger charge is 2.51. The van der Waals surface area contributed by atoms with Gasteiger partial charge in [0.1, 0.15) is 0 Å². The van der Waals surface area contributed by atoms with Crippen molar-refractivity contribution in [2.75, 3.05) is 13.2 Å². The third-order valence-electron chi connectivity index (χ3n) is 4.92. The van der Waals surface area contributed by atoms with E-state index in [0.29, 0.717) is 13.0 Å². The van der Waals surface area contributed by atoms with E-state index in [2.05, 4.69) is 26.1 Å². The molecule has 21 heavy (non-hydrogen) atoms. The van der Waals surface area contributed by atoms with E-state index in [0.717, 1.165) is 19.3 Å². The number of hydrogen-bond donors (Lipinski definition) is 2. The normalized spacial score (nSPS) is 31.9. The molecule has 120 valence electrons. The van der Waals surface area contributed by atoms with Crippen LogP contribution in [0.2, 0.25) is 0 Å². The summed E-state index contributed by atoms with van der Waals surface area (Å²) in [6.45, 7) is 9.11. The lowest BCUT2D eigenvalue weighted by atomic mass is 9.65. The van der Waals surface area contributed by atoms with Crippen LogP contribution in [-0.2, 0) is 9.59 Å². The summed E-state index contributed by atoms with van der Waals surface area (Å²) in [5, 5.41) is 11.8. The highest BCUT2D eigenvalue weighted by molar-refractivity contribution is 6.35. The van der Waals surface area contributed by atoms with Crippen molar-refractivity contribution >= 4 is 11.8 Å². The molecule has 0 aromatic rings. The second-order valence-corrected chi connectivity index (χ2v) is 7.91. The van der Waals surface area contributed by atoms with Gasteiger partial charge in [0.05, 0.1) is 12.6 Å². The first-order valence-corrected chi connectivity index (χ1v) is 7.92. The molecular weight excluding hydrogens is 268 g/mol. The quantitative estimate of drug-likeness (QED) is 0.771. The maximum atomic E-state index is 12.4. The standard InChI is InChI=1S/C16H28N2O3/c1-5-11(8-19)17-13(20)14(21)18-10-16(4)7-12(18)6-15(2,3)9-16/h11-12,19H,5-10H2,1-4H3,(H,17,20). The minimum absolute atomic E-state index is 0.128. The van der Waals surface area contributed by atoms with Gasteiger partial charge < -0.3 is 15.3 Å². The molecule has 0 aromatic heterocycles. The van der Waals surface area contributed by atoms with Crippen molar-refractivity contribution in [2.24, 2.45) is 10.8 Å². The van der Waals surface area contributed by atoms with Gasteiger partial charge in [-0.3, -0.25) is 9.59 Å². The fourth-order valence-corrected chi connectivity index (χ4v) is 4.35. The molecule has 2 rings (SSSR count). The van der Waals surface area contributed by atoms with Crippen LogP contribution < -0.4 is 5.32 Å². The zero-order chi connectivity index (χ0) is 15.8. The first-order chi connectivity index (χ1) is 9.69. The number of carbonyl (C=O) groups excluding carboxylic acids is 2. The maximum absolute atomic E-state index is 12.4.